The average Bonchev–Trinajstić information content (AvgIpc) is 2.09. The van der Waals surface area contributed by atoms with Gasteiger partial charge in [-0.15, -0.1) is 0 Å². The molecule has 6 heteroatoms. The van der Waals surface area contributed by atoms with Gasteiger partial charge in [0.05, 0.1) is 11.1 Å². The number of rotatable bonds is 2. The first-order valence-corrected chi connectivity index (χ1v) is 4.16. The van der Waals surface area contributed by atoms with Crippen molar-refractivity contribution in [3.05, 3.63) is 32.2 Å². The molecule has 0 saturated carbocycles. The molecule has 13 heavy (non-hydrogen) atoms. The fourth-order valence-electron chi connectivity index (χ4n) is 0.863. The predicted molar refractivity (Wildman–Crippen MR) is 45.6 cm³/mol. The maximum atomic E-state index is 12.3. The van der Waals surface area contributed by atoms with Gasteiger partial charge in [0, 0.05) is 11.3 Å². The molecule has 0 aliphatic heterocycles. The van der Waals surface area contributed by atoms with E-state index < -0.39 is 24.2 Å². The van der Waals surface area contributed by atoms with Crippen LogP contribution in [0, 0.1) is 0 Å². The summed E-state index contributed by atoms with van der Waals surface area (Å²) in [6.45, 7) is -0.470. The highest BCUT2D eigenvalue weighted by molar-refractivity contribution is 9.10. The first kappa shape index (κ1) is 10.3. The molecule has 1 rings (SSSR count). The molecular formula is C7H6BrF2NO2. The van der Waals surface area contributed by atoms with Gasteiger partial charge in [-0.25, -0.2) is 8.78 Å². The van der Waals surface area contributed by atoms with E-state index in [-0.39, 0.29) is 10.2 Å². The highest BCUT2D eigenvalue weighted by Gasteiger charge is 2.15. The summed E-state index contributed by atoms with van der Waals surface area (Å²) in [4.78, 5) is 13.2. The normalized spacial score (nSPS) is 10.8. The van der Waals surface area contributed by atoms with Crippen LogP contribution in [0.2, 0.25) is 0 Å². The van der Waals surface area contributed by atoms with Crippen molar-refractivity contribution in [3.63, 3.8) is 0 Å². The molecular weight excluding hydrogens is 248 g/mol. The Morgan fingerprint density at radius 2 is 2.23 bits per heavy atom. The molecule has 0 radical (unpaired) electrons. The second-order valence-corrected chi connectivity index (χ2v) is 3.14. The maximum Gasteiger partial charge on any atom is 0.265 e. The number of pyridine rings is 1. The van der Waals surface area contributed by atoms with E-state index in [0.29, 0.717) is 0 Å². The molecule has 3 nitrogen and oxygen atoms in total. The summed E-state index contributed by atoms with van der Waals surface area (Å²) >= 11 is 2.74. The Bertz CT molecular complexity index is 364. The highest BCUT2D eigenvalue weighted by Crippen LogP contribution is 2.24. The number of aliphatic hydroxyl groups excluding tert-OH is 1. The number of hydrogen-bond donors (Lipinski definition) is 2. The van der Waals surface area contributed by atoms with Crippen LogP contribution < -0.4 is 5.56 Å². The van der Waals surface area contributed by atoms with Crippen LogP contribution in [0.25, 0.3) is 0 Å². The van der Waals surface area contributed by atoms with Crippen molar-refractivity contribution in [3.8, 4) is 0 Å². The third kappa shape index (κ3) is 2.13. The molecule has 0 bridgehead atoms. The van der Waals surface area contributed by atoms with E-state index in [9.17, 15) is 13.6 Å². The van der Waals surface area contributed by atoms with Crippen molar-refractivity contribution < 1.29 is 13.9 Å². The van der Waals surface area contributed by atoms with E-state index >= 15 is 0 Å². The third-order valence-electron chi connectivity index (χ3n) is 1.46. The number of hydrogen-bond acceptors (Lipinski definition) is 2. The van der Waals surface area contributed by atoms with Crippen molar-refractivity contribution in [2.45, 2.75) is 13.0 Å². The number of aromatic amines is 1. The van der Waals surface area contributed by atoms with Crippen LogP contribution in [0.15, 0.2) is 15.3 Å². The monoisotopic (exact) mass is 253 g/mol. The Balaban J connectivity index is 3.33. The Morgan fingerprint density at radius 1 is 1.62 bits per heavy atom. The Kier molecular flexibility index (Phi) is 3.16. The molecule has 2 N–H and O–H groups in total. The topological polar surface area (TPSA) is 53.1 Å². The first-order valence-electron chi connectivity index (χ1n) is 3.37. The van der Waals surface area contributed by atoms with Gasteiger partial charge in [0.2, 0.25) is 0 Å². The van der Waals surface area contributed by atoms with Gasteiger partial charge in [-0.1, -0.05) is 0 Å². The lowest BCUT2D eigenvalue weighted by Crippen LogP contribution is -2.12. The molecule has 0 saturated heterocycles. The predicted octanol–water partition coefficient (Wildman–Crippen LogP) is 1.57. The molecule has 1 aromatic rings. The van der Waals surface area contributed by atoms with Crippen LogP contribution in [0.5, 0.6) is 0 Å². The second-order valence-electron chi connectivity index (χ2n) is 2.35. The van der Waals surface area contributed by atoms with Gasteiger partial charge in [-0.3, -0.25) is 4.79 Å². The standard InChI is InChI=1S/C7H6BrF2NO2/c8-5-4(6(9)10)1-3(2-12)11-7(5)13/h1,6,12H,2H2,(H,11,13). The lowest BCUT2D eigenvalue weighted by molar-refractivity contribution is 0.150. The number of aliphatic hydroxyl groups is 1. The number of aromatic nitrogens is 1. The maximum absolute atomic E-state index is 12.3. The zero-order valence-corrected chi connectivity index (χ0v) is 7.94. The molecule has 0 aliphatic rings. The molecule has 0 aromatic carbocycles. The number of nitrogens with one attached hydrogen (secondary N) is 1. The second kappa shape index (κ2) is 3.97. The summed E-state index contributed by atoms with van der Waals surface area (Å²) < 4.78 is 24.3. The smallest absolute Gasteiger partial charge is 0.265 e. The summed E-state index contributed by atoms with van der Waals surface area (Å²) in [5, 5.41) is 8.63. The SMILES string of the molecule is O=c1[nH]c(CO)cc(C(F)F)c1Br. The molecule has 0 aliphatic carbocycles. The van der Waals surface area contributed by atoms with Gasteiger partial charge >= 0.3 is 0 Å². The van der Waals surface area contributed by atoms with Crippen molar-refractivity contribution in [2.24, 2.45) is 0 Å². The summed E-state index contributed by atoms with van der Waals surface area (Å²) in [5.41, 5.74) is -1.00. The Labute approximate surface area is 80.5 Å². The molecule has 0 amide bonds. The van der Waals surface area contributed by atoms with Gasteiger partial charge in [0.1, 0.15) is 0 Å². The molecule has 0 fully saturated rings. The largest absolute Gasteiger partial charge is 0.390 e. The van der Waals surface area contributed by atoms with E-state index in [1.807, 2.05) is 0 Å². The fourth-order valence-corrected chi connectivity index (χ4v) is 1.25. The van der Waals surface area contributed by atoms with Crippen molar-refractivity contribution >= 4 is 15.9 Å². The van der Waals surface area contributed by atoms with Gasteiger partial charge in [0.15, 0.2) is 0 Å². The van der Waals surface area contributed by atoms with Crippen LogP contribution in [0.1, 0.15) is 17.7 Å². The molecule has 72 valence electrons. The van der Waals surface area contributed by atoms with E-state index in [1.165, 1.54) is 0 Å². The van der Waals surface area contributed by atoms with Crippen molar-refractivity contribution in [1.29, 1.82) is 0 Å². The zero-order valence-electron chi connectivity index (χ0n) is 6.35. The zero-order chi connectivity index (χ0) is 10.0. The summed E-state index contributed by atoms with van der Waals surface area (Å²) in [6, 6.07) is 1.05. The lowest BCUT2D eigenvalue weighted by atomic mass is 10.2. The van der Waals surface area contributed by atoms with Crippen molar-refractivity contribution in [1.82, 2.24) is 4.98 Å². The van der Waals surface area contributed by atoms with Gasteiger partial charge < -0.3 is 10.1 Å². The number of halogens is 3. The summed E-state index contributed by atoms with van der Waals surface area (Å²) in [5.74, 6) is 0. The van der Waals surface area contributed by atoms with Crippen LogP contribution in [-0.4, -0.2) is 10.1 Å². The Morgan fingerprint density at radius 3 is 2.69 bits per heavy atom. The van der Waals surface area contributed by atoms with Crippen LogP contribution in [-0.2, 0) is 6.61 Å². The minimum Gasteiger partial charge on any atom is -0.390 e. The van der Waals surface area contributed by atoms with E-state index in [2.05, 4.69) is 20.9 Å². The quantitative estimate of drug-likeness (QED) is 0.841. The first-order chi connectivity index (χ1) is 6.06. The third-order valence-corrected chi connectivity index (χ3v) is 2.28. The number of alkyl halides is 2. The van der Waals surface area contributed by atoms with Crippen LogP contribution >= 0.6 is 15.9 Å². The lowest BCUT2D eigenvalue weighted by Gasteiger charge is -2.04. The van der Waals surface area contributed by atoms with E-state index in [4.69, 9.17) is 5.11 Å². The number of H-pyrrole nitrogens is 1. The molecule has 0 spiro atoms. The van der Waals surface area contributed by atoms with Gasteiger partial charge in [-0.05, 0) is 22.0 Å². The van der Waals surface area contributed by atoms with Crippen LogP contribution in [0.3, 0.4) is 0 Å². The fraction of sp³-hybridized carbons (Fsp3) is 0.286. The minimum atomic E-state index is -2.73. The van der Waals surface area contributed by atoms with E-state index in [0.717, 1.165) is 6.07 Å². The minimum absolute atomic E-state index is 0.0727. The van der Waals surface area contributed by atoms with Gasteiger partial charge in [0.25, 0.3) is 12.0 Å². The Hall–Kier alpha value is -0.750. The average molecular weight is 254 g/mol. The van der Waals surface area contributed by atoms with E-state index in [1.54, 1.807) is 0 Å². The summed E-state index contributed by atoms with van der Waals surface area (Å²) in [7, 11) is 0. The highest BCUT2D eigenvalue weighted by atomic mass is 79.9. The van der Waals surface area contributed by atoms with Crippen molar-refractivity contribution in [2.75, 3.05) is 0 Å². The molecule has 0 unspecified atom stereocenters. The molecule has 1 aromatic heterocycles. The van der Waals surface area contributed by atoms with Crippen LogP contribution in [0.4, 0.5) is 8.78 Å². The summed E-state index contributed by atoms with van der Waals surface area (Å²) in [6.07, 6.45) is -2.73. The van der Waals surface area contributed by atoms with Gasteiger partial charge in [-0.2, -0.15) is 0 Å². The molecule has 0 atom stereocenters. The molecule has 1 heterocycles.